The number of piperazine rings is 1. The monoisotopic (exact) mass is 380 g/mol. The van der Waals surface area contributed by atoms with Crippen molar-refractivity contribution in [2.75, 3.05) is 49.1 Å². The summed E-state index contributed by atoms with van der Waals surface area (Å²) in [4.78, 5) is 34.8. The summed E-state index contributed by atoms with van der Waals surface area (Å²) in [7, 11) is 0. The van der Waals surface area contributed by atoms with Crippen LogP contribution in [0.4, 0.5) is 16.3 Å². The molecule has 2 amide bonds. The fourth-order valence-electron chi connectivity index (χ4n) is 3.74. The minimum absolute atomic E-state index is 0.0175. The Kier molecular flexibility index (Phi) is 5.14. The van der Waals surface area contributed by atoms with Crippen molar-refractivity contribution in [2.45, 2.75) is 13.3 Å². The molecule has 0 aliphatic carbocycles. The highest BCUT2D eigenvalue weighted by molar-refractivity contribution is 6.07. The van der Waals surface area contributed by atoms with Crippen LogP contribution < -0.4 is 9.80 Å². The Morgan fingerprint density at radius 3 is 2.54 bits per heavy atom. The van der Waals surface area contributed by atoms with Crippen molar-refractivity contribution in [1.29, 1.82) is 0 Å². The lowest BCUT2D eigenvalue weighted by molar-refractivity contribution is 0.0987. The number of anilines is 2. The molecular formula is C21H24N4O3. The number of pyridine rings is 1. The summed E-state index contributed by atoms with van der Waals surface area (Å²) in [6, 6.07) is 11.7. The van der Waals surface area contributed by atoms with Gasteiger partial charge in [-0.05, 0) is 37.1 Å². The van der Waals surface area contributed by atoms with E-state index in [0.29, 0.717) is 44.9 Å². The summed E-state index contributed by atoms with van der Waals surface area (Å²) < 4.78 is 5.05. The number of hydrogen-bond acceptors (Lipinski definition) is 5. The van der Waals surface area contributed by atoms with Gasteiger partial charge >= 0.3 is 6.09 Å². The molecule has 3 heterocycles. The van der Waals surface area contributed by atoms with E-state index in [1.807, 2.05) is 42.2 Å². The molecule has 1 aromatic carbocycles. The molecule has 1 fully saturated rings. The maximum Gasteiger partial charge on any atom is 0.409 e. The molecule has 4 rings (SSSR count). The standard InChI is InChI=1S/C21H24N4O3/c1-2-28-21(27)24-13-11-23(12-14-24)19-8-7-17(15-22-19)20(26)25-10-9-16-5-3-4-6-18(16)25/h3-8,15H,2,9-14H2,1H3. The van der Waals surface area contributed by atoms with Gasteiger partial charge in [-0.15, -0.1) is 0 Å². The number of amides is 2. The zero-order valence-corrected chi connectivity index (χ0v) is 16.0. The van der Waals surface area contributed by atoms with Crippen LogP contribution in [0.5, 0.6) is 0 Å². The highest BCUT2D eigenvalue weighted by Crippen LogP contribution is 2.29. The van der Waals surface area contributed by atoms with Crippen LogP contribution in [0.25, 0.3) is 0 Å². The number of carbonyl (C=O) groups is 2. The average molecular weight is 380 g/mol. The van der Waals surface area contributed by atoms with E-state index in [2.05, 4.69) is 16.0 Å². The van der Waals surface area contributed by atoms with E-state index in [9.17, 15) is 9.59 Å². The van der Waals surface area contributed by atoms with Gasteiger partial charge in [0.2, 0.25) is 0 Å². The van der Waals surface area contributed by atoms with Crippen LogP contribution in [-0.2, 0) is 11.2 Å². The van der Waals surface area contributed by atoms with Crippen LogP contribution in [0.1, 0.15) is 22.8 Å². The quantitative estimate of drug-likeness (QED) is 0.819. The first-order chi connectivity index (χ1) is 13.7. The molecule has 2 aliphatic rings. The number of aromatic nitrogens is 1. The first-order valence-corrected chi connectivity index (χ1v) is 9.70. The molecule has 0 N–H and O–H groups in total. The van der Waals surface area contributed by atoms with E-state index in [4.69, 9.17) is 4.74 Å². The Morgan fingerprint density at radius 1 is 1.04 bits per heavy atom. The zero-order valence-electron chi connectivity index (χ0n) is 16.0. The molecular weight excluding hydrogens is 356 g/mol. The Morgan fingerprint density at radius 2 is 1.82 bits per heavy atom. The number of rotatable bonds is 3. The van der Waals surface area contributed by atoms with E-state index in [1.54, 1.807) is 11.1 Å². The lowest BCUT2D eigenvalue weighted by Crippen LogP contribution is -2.49. The molecule has 0 bridgehead atoms. The van der Waals surface area contributed by atoms with Crippen molar-refractivity contribution < 1.29 is 14.3 Å². The molecule has 1 saturated heterocycles. The van der Waals surface area contributed by atoms with Gasteiger partial charge in [0.25, 0.3) is 5.91 Å². The second-order valence-electron chi connectivity index (χ2n) is 6.91. The molecule has 0 spiro atoms. The van der Waals surface area contributed by atoms with Gasteiger partial charge in [0.05, 0.1) is 12.2 Å². The lowest BCUT2D eigenvalue weighted by atomic mass is 10.2. The maximum absolute atomic E-state index is 12.9. The highest BCUT2D eigenvalue weighted by atomic mass is 16.6. The molecule has 146 valence electrons. The minimum atomic E-state index is -0.262. The predicted molar refractivity (Wildman–Crippen MR) is 107 cm³/mol. The van der Waals surface area contributed by atoms with Crippen molar-refractivity contribution in [3.8, 4) is 0 Å². The number of fused-ring (bicyclic) bond motifs is 1. The lowest BCUT2D eigenvalue weighted by Gasteiger charge is -2.34. The number of nitrogens with zero attached hydrogens (tertiary/aromatic N) is 4. The smallest absolute Gasteiger partial charge is 0.409 e. The number of benzene rings is 1. The summed E-state index contributed by atoms with van der Waals surface area (Å²) >= 11 is 0. The molecule has 7 nitrogen and oxygen atoms in total. The Balaban J connectivity index is 1.40. The first kappa shape index (κ1) is 18.3. The van der Waals surface area contributed by atoms with Gasteiger partial charge in [0, 0.05) is 44.6 Å². The van der Waals surface area contributed by atoms with Gasteiger partial charge < -0.3 is 19.4 Å². The van der Waals surface area contributed by atoms with Crippen molar-refractivity contribution >= 4 is 23.5 Å². The zero-order chi connectivity index (χ0) is 19.5. The minimum Gasteiger partial charge on any atom is -0.450 e. The molecule has 0 atom stereocenters. The topological polar surface area (TPSA) is 66.0 Å². The molecule has 2 aliphatic heterocycles. The number of hydrogen-bond donors (Lipinski definition) is 0. The number of para-hydroxylation sites is 1. The second kappa shape index (κ2) is 7.88. The molecule has 2 aromatic rings. The van der Waals surface area contributed by atoms with Crippen molar-refractivity contribution in [1.82, 2.24) is 9.88 Å². The van der Waals surface area contributed by atoms with Gasteiger partial charge in [-0.3, -0.25) is 4.79 Å². The van der Waals surface area contributed by atoms with Crippen LogP contribution in [0.15, 0.2) is 42.6 Å². The van der Waals surface area contributed by atoms with Crippen LogP contribution in [-0.4, -0.2) is 61.2 Å². The van der Waals surface area contributed by atoms with E-state index in [0.717, 1.165) is 17.9 Å². The summed E-state index contributed by atoms with van der Waals surface area (Å²) in [5.41, 5.74) is 2.79. The third-order valence-electron chi connectivity index (χ3n) is 5.26. The summed E-state index contributed by atoms with van der Waals surface area (Å²) in [6.45, 7) is 5.49. The third kappa shape index (κ3) is 3.52. The number of carbonyl (C=O) groups excluding carboxylic acids is 2. The summed E-state index contributed by atoms with van der Waals surface area (Å²) in [6.07, 6.45) is 2.27. The average Bonchev–Trinajstić information content (AvgIpc) is 3.18. The van der Waals surface area contributed by atoms with Gasteiger partial charge in [-0.1, -0.05) is 18.2 Å². The van der Waals surface area contributed by atoms with Crippen molar-refractivity contribution in [3.05, 3.63) is 53.7 Å². The van der Waals surface area contributed by atoms with Crippen molar-refractivity contribution in [3.63, 3.8) is 0 Å². The fraction of sp³-hybridized carbons (Fsp3) is 0.381. The molecule has 0 radical (unpaired) electrons. The molecule has 28 heavy (non-hydrogen) atoms. The maximum atomic E-state index is 12.9. The SMILES string of the molecule is CCOC(=O)N1CCN(c2ccc(C(=O)N3CCc4ccccc43)cn2)CC1. The third-order valence-corrected chi connectivity index (χ3v) is 5.26. The van der Waals surface area contributed by atoms with Gasteiger partial charge in [-0.2, -0.15) is 0 Å². The van der Waals surface area contributed by atoms with Gasteiger partial charge in [0.1, 0.15) is 5.82 Å². The normalized spacial score (nSPS) is 16.1. The second-order valence-corrected chi connectivity index (χ2v) is 6.91. The Hall–Kier alpha value is -3.09. The van der Waals surface area contributed by atoms with E-state index >= 15 is 0 Å². The highest BCUT2D eigenvalue weighted by Gasteiger charge is 2.26. The molecule has 0 unspecified atom stereocenters. The molecule has 1 aromatic heterocycles. The molecule has 0 saturated carbocycles. The summed E-state index contributed by atoms with van der Waals surface area (Å²) in [5, 5.41) is 0. The van der Waals surface area contributed by atoms with Crippen molar-refractivity contribution in [2.24, 2.45) is 0 Å². The van der Waals surface area contributed by atoms with Crippen LogP contribution in [0.2, 0.25) is 0 Å². The Labute approximate surface area is 164 Å². The fourth-order valence-corrected chi connectivity index (χ4v) is 3.74. The van der Waals surface area contributed by atoms with Gasteiger partial charge in [0.15, 0.2) is 0 Å². The van der Waals surface area contributed by atoms with Crippen LogP contribution in [0.3, 0.4) is 0 Å². The van der Waals surface area contributed by atoms with Crippen LogP contribution >= 0.6 is 0 Å². The molecule has 7 heteroatoms. The van der Waals surface area contributed by atoms with E-state index in [-0.39, 0.29) is 12.0 Å². The largest absolute Gasteiger partial charge is 0.450 e. The van der Waals surface area contributed by atoms with E-state index < -0.39 is 0 Å². The number of ether oxygens (including phenoxy) is 1. The van der Waals surface area contributed by atoms with E-state index in [1.165, 1.54) is 5.56 Å². The summed E-state index contributed by atoms with van der Waals surface area (Å²) in [5.74, 6) is 0.804. The first-order valence-electron chi connectivity index (χ1n) is 9.70. The van der Waals surface area contributed by atoms with Gasteiger partial charge in [-0.25, -0.2) is 9.78 Å². The predicted octanol–water partition coefficient (Wildman–Crippen LogP) is 2.56. The Bertz CT molecular complexity index is 860. The van der Waals surface area contributed by atoms with Crippen LogP contribution in [0, 0.1) is 0 Å².